The molecule has 0 spiro atoms. The molecule has 32 heavy (non-hydrogen) atoms. The fourth-order valence-corrected chi connectivity index (χ4v) is 2.71. The quantitative estimate of drug-likeness (QED) is 0.436. The van der Waals surface area contributed by atoms with Crippen LogP contribution < -0.4 is 21.1 Å². The number of hydrogen-bond acceptors (Lipinski definition) is 5. The van der Waals surface area contributed by atoms with Gasteiger partial charge in [-0.05, 0) is 57.0 Å². The monoisotopic (exact) mass is 434 g/mol. The summed E-state index contributed by atoms with van der Waals surface area (Å²) in [7, 11) is 0. The van der Waals surface area contributed by atoms with Crippen molar-refractivity contribution in [3.63, 3.8) is 0 Å². The summed E-state index contributed by atoms with van der Waals surface area (Å²) in [5, 5.41) is 14.9. The van der Waals surface area contributed by atoms with Gasteiger partial charge in [-0.3, -0.25) is 9.59 Å². The number of carbonyl (C=O) groups is 2. The van der Waals surface area contributed by atoms with Gasteiger partial charge in [0.05, 0.1) is 0 Å². The third kappa shape index (κ3) is 8.25. The van der Waals surface area contributed by atoms with Crippen LogP contribution in [0.15, 0.2) is 54.1 Å². The highest BCUT2D eigenvalue weighted by molar-refractivity contribution is 6.02. The zero-order chi connectivity index (χ0) is 23.7. The number of nitriles is 1. The normalized spacial score (nSPS) is 12.4. The predicted octanol–water partition coefficient (Wildman–Crippen LogP) is 2.84. The molecular formula is C25H30N4O3. The number of hydrogen-bond donors (Lipinski definition) is 3. The summed E-state index contributed by atoms with van der Waals surface area (Å²) in [6.07, 6.45) is 1.49. The van der Waals surface area contributed by atoms with Crippen LogP contribution in [0.1, 0.15) is 37.5 Å². The average Bonchev–Trinajstić information content (AvgIpc) is 2.74. The molecule has 0 aliphatic carbocycles. The molecule has 0 saturated carbocycles. The molecule has 0 saturated heterocycles. The van der Waals surface area contributed by atoms with Crippen molar-refractivity contribution in [2.75, 3.05) is 6.61 Å². The molecule has 0 aliphatic heterocycles. The summed E-state index contributed by atoms with van der Waals surface area (Å²) < 4.78 is 5.66. The van der Waals surface area contributed by atoms with Crippen LogP contribution in [0.4, 0.5) is 0 Å². The Morgan fingerprint density at radius 3 is 2.50 bits per heavy atom. The Morgan fingerprint density at radius 2 is 1.88 bits per heavy atom. The molecular weight excluding hydrogens is 404 g/mol. The minimum atomic E-state index is -0.841. The van der Waals surface area contributed by atoms with Crippen molar-refractivity contribution in [1.29, 1.82) is 5.26 Å². The van der Waals surface area contributed by atoms with Crippen molar-refractivity contribution in [3.05, 3.63) is 70.8 Å². The summed E-state index contributed by atoms with van der Waals surface area (Å²) in [6, 6.07) is 15.8. The zero-order valence-corrected chi connectivity index (χ0v) is 18.9. The summed E-state index contributed by atoms with van der Waals surface area (Å²) >= 11 is 0. The molecule has 4 N–H and O–H groups in total. The van der Waals surface area contributed by atoms with E-state index in [2.05, 4.69) is 10.6 Å². The molecule has 2 aromatic carbocycles. The van der Waals surface area contributed by atoms with E-state index in [1.165, 1.54) is 6.08 Å². The van der Waals surface area contributed by atoms with Crippen LogP contribution in [0.5, 0.6) is 5.75 Å². The fraction of sp³-hybridized carbons (Fsp3) is 0.320. The predicted molar refractivity (Wildman–Crippen MR) is 124 cm³/mol. The van der Waals surface area contributed by atoms with Gasteiger partial charge in [0.1, 0.15) is 30.0 Å². The molecule has 2 aromatic rings. The van der Waals surface area contributed by atoms with Crippen molar-refractivity contribution in [1.82, 2.24) is 10.6 Å². The van der Waals surface area contributed by atoms with Crippen LogP contribution in [0.2, 0.25) is 0 Å². The lowest BCUT2D eigenvalue weighted by molar-refractivity contribution is -0.123. The van der Waals surface area contributed by atoms with Crippen molar-refractivity contribution < 1.29 is 14.3 Å². The number of nitrogens with zero attached hydrogens (tertiary/aromatic N) is 1. The Bertz CT molecular complexity index is 1010. The Hall–Kier alpha value is -3.63. The first-order valence-electron chi connectivity index (χ1n) is 10.3. The molecule has 168 valence electrons. The Balaban J connectivity index is 1.94. The number of aryl methyl sites for hydroxylation is 1. The highest BCUT2D eigenvalue weighted by atomic mass is 16.5. The number of benzene rings is 2. The zero-order valence-electron chi connectivity index (χ0n) is 18.9. The van der Waals surface area contributed by atoms with E-state index < -0.39 is 17.5 Å². The fourth-order valence-electron chi connectivity index (χ4n) is 2.71. The van der Waals surface area contributed by atoms with Gasteiger partial charge in [0.15, 0.2) is 0 Å². The van der Waals surface area contributed by atoms with Crippen LogP contribution >= 0.6 is 0 Å². The molecule has 0 unspecified atom stereocenters. The van der Waals surface area contributed by atoms with E-state index in [0.717, 1.165) is 11.1 Å². The van der Waals surface area contributed by atoms with Crippen molar-refractivity contribution >= 4 is 17.9 Å². The highest BCUT2D eigenvalue weighted by Gasteiger charge is 2.17. The van der Waals surface area contributed by atoms with Crippen LogP contribution in [-0.4, -0.2) is 30.0 Å². The first-order chi connectivity index (χ1) is 15.1. The number of nitrogens with two attached hydrogens (primary N) is 1. The van der Waals surface area contributed by atoms with Gasteiger partial charge in [0.2, 0.25) is 5.91 Å². The third-order valence-electron chi connectivity index (χ3n) is 4.38. The second kappa shape index (κ2) is 11.1. The van der Waals surface area contributed by atoms with E-state index in [9.17, 15) is 14.9 Å². The van der Waals surface area contributed by atoms with Gasteiger partial charge in [0.25, 0.3) is 5.91 Å². The van der Waals surface area contributed by atoms with Gasteiger partial charge in [0, 0.05) is 12.1 Å². The molecule has 0 aromatic heterocycles. The summed E-state index contributed by atoms with van der Waals surface area (Å²) in [5.74, 6) is -0.278. The van der Waals surface area contributed by atoms with Crippen LogP contribution in [0, 0.1) is 18.3 Å². The Kier molecular flexibility index (Phi) is 8.56. The Morgan fingerprint density at radius 1 is 1.19 bits per heavy atom. The standard InChI is InChI=1S/C25H30N4O3/c1-17-8-10-18(11-9-17)15-28-24(31)22(27)16-32-21-7-5-6-19(13-21)12-20(14-26)23(30)29-25(2,3)4/h5-13,22H,15-16,27H2,1-4H3,(H,28,31)(H,29,30)/b20-12+/t22-/m0/s1. The smallest absolute Gasteiger partial charge is 0.262 e. The maximum absolute atomic E-state index is 12.3. The number of amides is 2. The molecule has 2 amide bonds. The van der Waals surface area contributed by atoms with E-state index in [0.29, 0.717) is 17.9 Å². The number of rotatable bonds is 8. The molecule has 0 bridgehead atoms. The van der Waals surface area contributed by atoms with Gasteiger partial charge < -0.3 is 21.1 Å². The lowest BCUT2D eigenvalue weighted by Crippen LogP contribution is -2.44. The molecule has 7 nitrogen and oxygen atoms in total. The second-order valence-corrected chi connectivity index (χ2v) is 8.57. The lowest BCUT2D eigenvalue weighted by Gasteiger charge is -2.20. The summed E-state index contributed by atoms with van der Waals surface area (Å²) in [5.41, 5.74) is 8.25. The van der Waals surface area contributed by atoms with Crippen molar-refractivity contribution in [2.45, 2.75) is 45.8 Å². The maximum Gasteiger partial charge on any atom is 0.262 e. The van der Waals surface area contributed by atoms with Gasteiger partial charge in [-0.2, -0.15) is 5.26 Å². The van der Waals surface area contributed by atoms with E-state index >= 15 is 0 Å². The molecule has 1 atom stereocenters. The molecule has 7 heteroatoms. The molecule has 0 aliphatic rings. The average molecular weight is 435 g/mol. The van der Waals surface area contributed by atoms with E-state index in [1.807, 2.05) is 58.0 Å². The van der Waals surface area contributed by atoms with Crippen LogP contribution in [-0.2, 0) is 16.1 Å². The van der Waals surface area contributed by atoms with Crippen LogP contribution in [0.3, 0.4) is 0 Å². The van der Waals surface area contributed by atoms with Crippen molar-refractivity contribution in [2.24, 2.45) is 5.73 Å². The minimum absolute atomic E-state index is 0.00994. The highest BCUT2D eigenvalue weighted by Crippen LogP contribution is 2.16. The van der Waals surface area contributed by atoms with E-state index in [-0.39, 0.29) is 18.1 Å². The maximum atomic E-state index is 12.3. The summed E-state index contributed by atoms with van der Waals surface area (Å²) in [4.78, 5) is 24.5. The molecule has 2 rings (SSSR count). The molecule has 0 fully saturated rings. The summed E-state index contributed by atoms with van der Waals surface area (Å²) in [6.45, 7) is 7.91. The lowest BCUT2D eigenvalue weighted by atomic mass is 10.1. The van der Waals surface area contributed by atoms with Gasteiger partial charge in [-0.15, -0.1) is 0 Å². The minimum Gasteiger partial charge on any atom is -0.491 e. The second-order valence-electron chi connectivity index (χ2n) is 8.57. The number of nitrogens with one attached hydrogen (secondary N) is 2. The van der Waals surface area contributed by atoms with E-state index in [4.69, 9.17) is 10.5 Å². The van der Waals surface area contributed by atoms with Gasteiger partial charge >= 0.3 is 0 Å². The molecule has 0 heterocycles. The largest absolute Gasteiger partial charge is 0.491 e. The van der Waals surface area contributed by atoms with E-state index in [1.54, 1.807) is 24.3 Å². The molecule has 0 radical (unpaired) electrons. The third-order valence-corrected chi connectivity index (χ3v) is 4.38. The topological polar surface area (TPSA) is 117 Å². The SMILES string of the molecule is Cc1ccc(CNC(=O)[C@@H](N)COc2cccc(/C=C(\C#N)C(=O)NC(C)(C)C)c2)cc1. The Labute approximate surface area is 189 Å². The van der Waals surface area contributed by atoms with Crippen LogP contribution in [0.25, 0.3) is 6.08 Å². The first-order valence-corrected chi connectivity index (χ1v) is 10.3. The van der Waals surface area contributed by atoms with Crippen molar-refractivity contribution in [3.8, 4) is 11.8 Å². The van der Waals surface area contributed by atoms with Gasteiger partial charge in [-0.25, -0.2) is 0 Å². The number of carbonyl (C=O) groups excluding carboxylic acids is 2. The number of ether oxygens (including phenoxy) is 1. The first kappa shape index (κ1) is 24.6. The van der Waals surface area contributed by atoms with Gasteiger partial charge in [-0.1, -0.05) is 42.0 Å².